The summed E-state index contributed by atoms with van der Waals surface area (Å²) in [7, 11) is 0. The molecule has 0 N–H and O–H groups in total. The van der Waals surface area contributed by atoms with Crippen molar-refractivity contribution in [3.63, 3.8) is 0 Å². The molecule has 1 aliphatic heterocycles. The topological polar surface area (TPSA) is 61.2 Å². The number of amides is 1. The first-order valence-electron chi connectivity index (χ1n) is 8.52. The number of benzene rings is 1. The Morgan fingerprint density at radius 1 is 1.16 bits per heavy atom. The van der Waals surface area contributed by atoms with Gasteiger partial charge in [0.05, 0.1) is 11.0 Å². The van der Waals surface area contributed by atoms with Crippen molar-refractivity contribution in [3.05, 3.63) is 59.2 Å². The second-order valence-electron chi connectivity index (χ2n) is 7.47. The van der Waals surface area contributed by atoms with Gasteiger partial charge in [-0.3, -0.25) is 9.59 Å². The summed E-state index contributed by atoms with van der Waals surface area (Å²) in [6, 6.07) is 11.5. The molecule has 1 aromatic rings. The monoisotopic (exact) mass is 334 g/mol. The van der Waals surface area contributed by atoms with Crippen LogP contribution in [0.15, 0.2) is 53.6 Å². The summed E-state index contributed by atoms with van der Waals surface area (Å²) >= 11 is 0. The van der Waals surface area contributed by atoms with Crippen molar-refractivity contribution >= 4 is 11.7 Å². The average Bonchev–Trinajstić information content (AvgIpc) is 2.59. The van der Waals surface area contributed by atoms with Crippen LogP contribution in [0, 0.1) is 16.7 Å². The largest absolute Gasteiger partial charge is 0.335 e. The molecule has 0 saturated carbocycles. The first-order chi connectivity index (χ1) is 11.8. The second-order valence-corrected chi connectivity index (χ2v) is 7.47. The van der Waals surface area contributed by atoms with Crippen LogP contribution in [0.1, 0.15) is 33.3 Å². The third-order valence-electron chi connectivity index (χ3n) is 5.33. The highest BCUT2D eigenvalue weighted by Gasteiger charge is 2.57. The van der Waals surface area contributed by atoms with E-state index in [0.29, 0.717) is 6.54 Å². The number of ketones is 1. The first kappa shape index (κ1) is 17.2. The van der Waals surface area contributed by atoms with Gasteiger partial charge in [0, 0.05) is 12.6 Å². The van der Waals surface area contributed by atoms with Gasteiger partial charge in [-0.15, -0.1) is 0 Å². The van der Waals surface area contributed by atoms with E-state index in [2.05, 4.69) is 0 Å². The van der Waals surface area contributed by atoms with Crippen LogP contribution in [-0.4, -0.2) is 29.2 Å². The number of fused-ring (bicyclic) bond motifs is 1. The smallest absolute Gasteiger partial charge is 0.241 e. The third kappa shape index (κ3) is 2.26. The van der Waals surface area contributed by atoms with E-state index in [0.717, 1.165) is 11.1 Å². The molecular weight excluding hydrogens is 312 g/mol. The standard InChI is InChI=1S/C21H22N2O2/c1-14(2)23-11-10-17-20(3,4)18(24)15(13-22)12-21(17,19(23)25)16-8-6-5-7-9-16/h5-10,12,14H,11H2,1-4H3/t21-/m0/s1. The lowest BCUT2D eigenvalue weighted by atomic mass is 9.56. The zero-order valence-electron chi connectivity index (χ0n) is 15.0. The van der Waals surface area contributed by atoms with Crippen LogP contribution in [0.2, 0.25) is 0 Å². The number of hydrogen-bond acceptors (Lipinski definition) is 3. The van der Waals surface area contributed by atoms with Crippen molar-refractivity contribution in [2.75, 3.05) is 6.54 Å². The van der Waals surface area contributed by atoms with Gasteiger partial charge in [-0.2, -0.15) is 5.26 Å². The van der Waals surface area contributed by atoms with E-state index in [4.69, 9.17) is 0 Å². The second kappa shape index (κ2) is 5.70. The number of nitriles is 1. The fraction of sp³-hybridized carbons (Fsp3) is 0.381. The van der Waals surface area contributed by atoms with Gasteiger partial charge in [0.15, 0.2) is 5.78 Å². The molecule has 4 heteroatoms. The Bertz CT molecular complexity index is 840. The van der Waals surface area contributed by atoms with Gasteiger partial charge in [-0.05, 0) is 44.9 Å². The molecule has 0 unspecified atom stereocenters. The predicted octanol–water partition coefficient (Wildman–Crippen LogP) is 3.16. The molecule has 4 nitrogen and oxygen atoms in total. The zero-order valence-corrected chi connectivity index (χ0v) is 15.0. The maximum Gasteiger partial charge on any atom is 0.241 e. The van der Waals surface area contributed by atoms with E-state index >= 15 is 0 Å². The predicted molar refractivity (Wildman–Crippen MR) is 95.5 cm³/mol. The van der Waals surface area contributed by atoms with E-state index < -0.39 is 10.8 Å². The van der Waals surface area contributed by atoms with E-state index in [-0.39, 0.29) is 23.3 Å². The van der Waals surface area contributed by atoms with Gasteiger partial charge >= 0.3 is 0 Å². The summed E-state index contributed by atoms with van der Waals surface area (Å²) in [5, 5.41) is 9.52. The molecule has 1 aliphatic carbocycles. The zero-order chi connectivity index (χ0) is 18.4. The molecule has 1 atom stereocenters. The van der Waals surface area contributed by atoms with Crippen molar-refractivity contribution < 1.29 is 9.59 Å². The molecule has 1 heterocycles. The number of hydrogen-bond donors (Lipinski definition) is 0. The van der Waals surface area contributed by atoms with Crippen LogP contribution in [-0.2, 0) is 15.0 Å². The Morgan fingerprint density at radius 2 is 1.80 bits per heavy atom. The molecule has 2 aliphatic rings. The highest BCUT2D eigenvalue weighted by Crippen LogP contribution is 2.51. The molecule has 0 spiro atoms. The lowest BCUT2D eigenvalue weighted by molar-refractivity contribution is -0.137. The fourth-order valence-corrected chi connectivity index (χ4v) is 4.00. The normalized spacial score (nSPS) is 25.2. The van der Waals surface area contributed by atoms with E-state index in [9.17, 15) is 14.9 Å². The Kier molecular flexibility index (Phi) is 3.91. The molecule has 1 aromatic carbocycles. The fourth-order valence-electron chi connectivity index (χ4n) is 4.00. The van der Waals surface area contributed by atoms with Crippen LogP contribution < -0.4 is 0 Å². The molecule has 0 radical (unpaired) electrons. The quantitative estimate of drug-likeness (QED) is 0.781. The average molecular weight is 334 g/mol. The number of carbonyl (C=O) groups is 2. The van der Waals surface area contributed by atoms with Crippen molar-refractivity contribution in [2.24, 2.45) is 5.41 Å². The van der Waals surface area contributed by atoms with Crippen molar-refractivity contribution in [1.82, 2.24) is 4.90 Å². The number of allylic oxidation sites excluding steroid dienone is 1. The summed E-state index contributed by atoms with van der Waals surface area (Å²) in [5.74, 6) is -0.293. The van der Waals surface area contributed by atoms with Crippen molar-refractivity contribution in [2.45, 2.75) is 39.2 Å². The number of Topliss-reactive ketones (excluding diaryl/α,β-unsaturated/α-hetero) is 1. The number of rotatable bonds is 2. The lowest BCUT2D eigenvalue weighted by Gasteiger charge is -2.49. The first-order valence-corrected chi connectivity index (χ1v) is 8.52. The SMILES string of the molecule is CC(C)N1CC=C2C(C)(C)C(=O)C(C#N)=C[C@@]2(c2ccccc2)C1=O. The number of carbonyl (C=O) groups excluding carboxylic acids is 2. The van der Waals surface area contributed by atoms with Crippen LogP contribution in [0.4, 0.5) is 0 Å². The molecule has 0 aromatic heterocycles. The molecular formula is C21H22N2O2. The van der Waals surface area contributed by atoms with Crippen LogP contribution in [0.25, 0.3) is 0 Å². The highest BCUT2D eigenvalue weighted by atomic mass is 16.2. The Balaban J connectivity index is 2.39. The summed E-state index contributed by atoms with van der Waals surface area (Å²) in [5.41, 5.74) is -0.354. The van der Waals surface area contributed by atoms with Gasteiger partial charge in [0.1, 0.15) is 11.5 Å². The van der Waals surface area contributed by atoms with Gasteiger partial charge in [0.2, 0.25) is 5.91 Å². The maximum atomic E-state index is 13.6. The minimum absolute atomic E-state index is 0.0329. The minimum Gasteiger partial charge on any atom is -0.335 e. The van der Waals surface area contributed by atoms with Gasteiger partial charge in [-0.1, -0.05) is 36.4 Å². The Morgan fingerprint density at radius 3 is 2.36 bits per heavy atom. The maximum absolute atomic E-state index is 13.6. The molecule has 0 saturated heterocycles. The van der Waals surface area contributed by atoms with E-state index in [1.54, 1.807) is 11.0 Å². The summed E-state index contributed by atoms with van der Waals surface area (Å²) in [4.78, 5) is 28.2. The molecule has 1 amide bonds. The minimum atomic E-state index is -1.09. The van der Waals surface area contributed by atoms with Crippen LogP contribution in [0.3, 0.4) is 0 Å². The Labute approximate surface area is 148 Å². The Hall–Kier alpha value is -2.67. The van der Waals surface area contributed by atoms with Crippen LogP contribution >= 0.6 is 0 Å². The van der Waals surface area contributed by atoms with Crippen LogP contribution in [0.5, 0.6) is 0 Å². The summed E-state index contributed by atoms with van der Waals surface area (Å²) in [6.07, 6.45) is 3.58. The van der Waals surface area contributed by atoms with Crippen molar-refractivity contribution in [1.29, 1.82) is 5.26 Å². The van der Waals surface area contributed by atoms with Crippen molar-refractivity contribution in [3.8, 4) is 6.07 Å². The van der Waals surface area contributed by atoms with Gasteiger partial charge < -0.3 is 4.90 Å². The molecule has 25 heavy (non-hydrogen) atoms. The summed E-state index contributed by atoms with van der Waals surface area (Å²) < 4.78 is 0. The van der Waals surface area contributed by atoms with E-state index in [1.807, 2.05) is 70.2 Å². The molecule has 0 fully saturated rings. The number of nitrogens with zero attached hydrogens (tertiary/aromatic N) is 2. The summed E-state index contributed by atoms with van der Waals surface area (Å²) in [6.45, 7) is 8.04. The highest BCUT2D eigenvalue weighted by molar-refractivity contribution is 6.11. The van der Waals surface area contributed by atoms with Gasteiger partial charge in [-0.25, -0.2) is 0 Å². The molecule has 0 bridgehead atoms. The third-order valence-corrected chi connectivity index (χ3v) is 5.33. The molecule has 128 valence electrons. The van der Waals surface area contributed by atoms with Gasteiger partial charge in [0.25, 0.3) is 0 Å². The molecule has 3 rings (SSSR count). The lowest BCUT2D eigenvalue weighted by Crippen LogP contribution is -2.58. The van der Waals surface area contributed by atoms with E-state index in [1.165, 1.54) is 0 Å².